The number of benzene rings is 1. The van der Waals surface area contributed by atoms with E-state index in [1.165, 1.54) is 0 Å². The molecule has 0 heterocycles. The first-order valence-corrected chi connectivity index (χ1v) is 6.61. The van der Waals surface area contributed by atoms with Crippen LogP contribution in [0.3, 0.4) is 0 Å². The SMILES string of the molecule is CCNC(C)CC(=O)Nc1cc(C)cc(Br)c1. The molecule has 1 atom stereocenters. The first-order valence-electron chi connectivity index (χ1n) is 5.81. The fourth-order valence-corrected chi connectivity index (χ4v) is 2.33. The van der Waals surface area contributed by atoms with Crippen molar-refractivity contribution in [1.29, 1.82) is 0 Å². The average Bonchev–Trinajstić information content (AvgIpc) is 2.14. The fourth-order valence-electron chi connectivity index (χ4n) is 1.72. The van der Waals surface area contributed by atoms with Crippen molar-refractivity contribution in [3.63, 3.8) is 0 Å². The van der Waals surface area contributed by atoms with Gasteiger partial charge in [0, 0.05) is 22.6 Å². The summed E-state index contributed by atoms with van der Waals surface area (Å²) in [7, 11) is 0. The molecule has 2 N–H and O–H groups in total. The summed E-state index contributed by atoms with van der Waals surface area (Å²) in [6.45, 7) is 6.92. The van der Waals surface area contributed by atoms with Gasteiger partial charge >= 0.3 is 0 Å². The number of nitrogens with one attached hydrogen (secondary N) is 2. The number of hydrogen-bond acceptors (Lipinski definition) is 2. The number of carbonyl (C=O) groups is 1. The van der Waals surface area contributed by atoms with E-state index in [4.69, 9.17) is 0 Å². The van der Waals surface area contributed by atoms with Crippen LogP contribution in [0.2, 0.25) is 0 Å². The van der Waals surface area contributed by atoms with Crippen molar-refractivity contribution in [3.05, 3.63) is 28.2 Å². The molecule has 0 bridgehead atoms. The quantitative estimate of drug-likeness (QED) is 0.877. The Hall–Kier alpha value is -0.870. The van der Waals surface area contributed by atoms with Gasteiger partial charge in [0.05, 0.1) is 0 Å². The van der Waals surface area contributed by atoms with Crippen LogP contribution in [-0.2, 0) is 4.79 Å². The fraction of sp³-hybridized carbons (Fsp3) is 0.462. The van der Waals surface area contributed by atoms with Crippen molar-refractivity contribution in [2.24, 2.45) is 0 Å². The van der Waals surface area contributed by atoms with Gasteiger partial charge in [-0.2, -0.15) is 0 Å². The summed E-state index contributed by atoms with van der Waals surface area (Å²) in [5.41, 5.74) is 1.96. The minimum atomic E-state index is 0.0379. The number of rotatable bonds is 5. The lowest BCUT2D eigenvalue weighted by Crippen LogP contribution is -2.30. The Kier molecular flexibility index (Phi) is 5.65. The zero-order chi connectivity index (χ0) is 12.8. The number of carbonyl (C=O) groups excluding carboxylic acids is 1. The molecule has 17 heavy (non-hydrogen) atoms. The molecule has 1 rings (SSSR count). The molecule has 1 aromatic rings. The lowest BCUT2D eigenvalue weighted by atomic mass is 10.2. The van der Waals surface area contributed by atoms with Gasteiger partial charge in [0.25, 0.3) is 0 Å². The van der Waals surface area contributed by atoms with Gasteiger partial charge in [-0.3, -0.25) is 4.79 Å². The molecule has 0 spiro atoms. The van der Waals surface area contributed by atoms with Gasteiger partial charge in [0.1, 0.15) is 0 Å². The maximum absolute atomic E-state index is 11.8. The van der Waals surface area contributed by atoms with E-state index < -0.39 is 0 Å². The topological polar surface area (TPSA) is 41.1 Å². The summed E-state index contributed by atoms with van der Waals surface area (Å²) < 4.78 is 0.979. The minimum Gasteiger partial charge on any atom is -0.326 e. The van der Waals surface area contributed by atoms with E-state index in [2.05, 4.69) is 26.6 Å². The third kappa shape index (κ3) is 5.33. The van der Waals surface area contributed by atoms with Gasteiger partial charge in [-0.1, -0.05) is 22.9 Å². The average molecular weight is 299 g/mol. The van der Waals surface area contributed by atoms with E-state index in [1.807, 2.05) is 39.0 Å². The maximum atomic E-state index is 11.8. The summed E-state index contributed by atoms with van der Waals surface area (Å²) in [6.07, 6.45) is 0.486. The highest BCUT2D eigenvalue weighted by atomic mass is 79.9. The number of anilines is 1. The van der Waals surface area contributed by atoms with Gasteiger partial charge in [-0.15, -0.1) is 0 Å². The van der Waals surface area contributed by atoms with Crippen LogP contribution in [0.4, 0.5) is 5.69 Å². The van der Waals surface area contributed by atoms with Crippen molar-refractivity contribution in [2.45, 2.75) is 33.2 Å². The summed E-state index contributed by atoms with van der Waals surface area (Å²) in [5.74, 6) is 0.0379. The molecule has 94 valence electrons. The molecular weight excluding hydrogens is 280 g/mol. The molecule has 0 aliphatic rings. The van der Waals surface area contributed by atoms with E-state index >= 15 is 0 Å². The lowest BCUT2D eigenvalue weighted by Gasteiger charge is -2.12. The van der Waals surface area contributed by atoms with Gasteiger partial charge < -0.3 is 10.6 Å². The molecule has 1 amide bonds. The van der Waals surface area contributed by atoms with Crippen LogP contribution >= 0.6 is 15.9 Å². The third-order valence-corrected chi connectivity index (χ3v) is 2.83. The van der Waals surface area contributed by atoms with Crippen molar-refractivity contribution in [3.8, 4) is 0 Å². The normalized spacial score (nSPS) is 12.2. The highest BCUT2D eigenvalue weighted by Gasteiger charge is 2.08. The molecule has 0 aliphatic heterocycles. The number of halogens is 1. The molecule has 0 radical (unpaired) electrons. The summed E-state index contributed by atoms with van der Waals surface area (Å²) in [5, 5.41) is 6.12. The third-order valence-electron chi connectivity index (χ3n) is 2.37. The monoisotopic (exact) mass is 298 g/mol. The minimum absolute atomic E-state index is 0.0379. The van der Waals surface area contributed by atoms with Gasteiger partial charge in [-0.05, 0) is 44.2 Å². The molecule has 0 aromatic heterocycles. The Morgan fingerprint density at radius 3 is 2.71 bits per heavy atom. The van der Waals surface area contributed by atoms with E-state index in [0.717, 1.165) is 22.3 Å². The second-order valence-electron chi connectivity index (χ2n) is 4.23. The Labute approximate surface area is 111 Å². The Balaban J connectivity index is 2.56. The van der Waals surface area contributed by atoms with Crippen molar-refractivity contribution in [2.75, 3.05) is 11.9 Å². The summed E-state index contributed by atoms with van der Waals surface area (Å²) in [6, 6.07) is 6.08. The van der Waals surface area contributed by atoms with Crippen LogP contribution in [0.25, 0.3) is 0 Å². The van der Waals surface area contributed by atoms with Gasteiger partial charge in [0.15, 0.2) is 0 Å². The van der Waals surface area contributed by atoms with Crippen LogP contribution < -0.4 is 10.6 Å². The standard InChI is InChI=1S/C13H19BrN2O/c1-4-15-10(3)7-13(17)16-12-6-9(2)5-11(14)8-12/h5-6,8,10,15H,4,7H2,1-3H3,(H,16,17). The van der Waals surface area contributed by atoms with Crippen LogP contribution in [0.5, 0.6) is 0 Å². The van der Waals surface area contributed by atoms with Crippen molar-refractivity contribution < 1.29 is 4.79 Å². The Morgan fingerprint density at radius 2 is 2.12 bits per heavy atom. The largest absolute Gasteiger partial charge is 0.326 e. The predicted molar refractivity (Wildman–Crippen MR) is 75.3 cm³/mol. The van der Waals surface area contributed by atoms with Crippen LogP contribution in [0.1, 0.15) is 25.8 Å². The molecule has 1 unspecified atom stereocenters. The van der Waals surface area contributed by atoms with Crippen molar-refractivity contribution in [1.82, 2.24) is 5.32 Å². The predicted octanol–water partition coefficient (Wildman–Crippen LogP) is 3.08. The smallest absolute Gasteiger partial charge is 0.225 e. The zero-order valence-electron chi connectivity index (χ0n) is 10.5. The molecule has 0 fully saturated rings. The summed E-state index contributed by atoms with van der Waals surface area (Å²) >= 11 is 3.41. The zero-order valence-corrected chi connectivity index (χ0v) is 12.1. The molecule has 0 saturated heterocycles. The number of hydrogen-bond donors (Lipinski definition) is 2. The highest BCUT2D eigenvalue weighted by molar-refractivity contribution is 9.10. The molecule has 4 heteroatoms. The molecule has 1 aromatic carbocycles. The van der Waals surface area contributed by atoms with E-state index in [9.17, 15) is 4.79 Å². The maximum Gasteiger partial charge on any atom is 0.225 e. The van der Waals surface area contributed by atoms with Gasteiger partial charge in [-0.25, -0.2) is 0 Å². The molecular formula is C13H19BrN2O. The molecule has 3 nitrogen and oxygen atoms in total. The first kappa shape index (κ1) is 14.2. The van der Waals surface area contributed by atoms with Crippen LogP contribution in [0, 0.1) is 6.92 Å². The highest BCUT2D eigenvalue weighted by Crippen LogP contribution is 2.19. The van der Waals surface area contributed by atoms with Crippen molar-refractivity contribution >= 4 is 27.5 Å². The van der Waals surface area contributed by atoms with E-state index in [1.54, 1.807) is 0 Å². The van der Waals surface area contributed by atoms with Crippen LogP contribution in [-0.4, -0.2) is 18.5 Å². The van der Waals surface area contributed by atoms with Gasteiger partial charge in [0.2, 0.25) is 5.91 Å². The van der Waals surface area contributed by atoms with E-state index in [-0.39, 0.29) is 11.9 Å². The first-order chi connectivity index (χ1) is 8.01. The Morgan fingerprint density at radius 1 is 1.41 bits per heavy atom. The molecule has 0 saturated carbocycles. The summed E-state index contributed by atoms with van der Waals surface area (Å²) in [4.78, 5) is 11.8. The molecule has 0 aliphatic carbocycles. The Bertz CT molecular complexity index is 373. The second-order valence-corrected chi connectivity index (χ2v) is 5.14. The number of aryl methyl sites for hydroxylation is 1. The van der Waals surface area contributed by atoms with Crippen LogP contribution in [0.15, 0.2) is 22.7 Å². The number of amides is 1. The lowest BCUT2D eigenvalue weighted by molar-refractivity contribution is -0.116. The van der Waals surface area contributed by atoms with E-state index in [0.29, 0.717) is 6.42 Å². The second kappa shape index (κ2) is 6.77.